The molecule has 0 aliphatic heterocycles. The number of hydrogen-bond acceptors (Lipinski definition) is 3. The lowest BCUT2D eigenvalue weighted by Gasteiger charge is -2.16. The van der Waals surface area contributed by atoms with Crippen molar-refractivity contribution in [3.63, 3.8) is 0 Å². The largest absolute Gasteiger partial charge is 0.389 e. The molecule has 0 unspecified atom stereocenters. The molecule has 2 atom stereocenters. The molecule has 1 aliphatic rings. The Balaban J connectivity index is 1.49. The van der Waals surface area contributed by atoms with Crippen LogP contribution in [0.4, 0.5) is 0 Å². The van der Waals surface area contributed by atoms with Crippen LogP contribution in [0.25, 0.3) is 0 Å². The lowest BCUT2D eigenvalue weighted by Crippen LogP contribution is -2.17. The highest BCUT2D eigenvalue weighted by molar-refractivity contribution is 5.20. The summed E-state index contributed by atoms with van der Waals surface area (Å²) < 4.78 is 11.7. The summed E-state index contributed by atoms with van der Waals surface area (Å²) in [5.74, 6) is 0. The van der Waals surface area contributed by atoms with E-state index in [1.807, 2.05) is 66.7 Å². The van der Waals surface area contributed by atoms with E-state index in [4.69, 9.17) is 9.47 Å². The number of benzene rings is 2. The molecule has 3 heteroatoms. The summed E-state index contributed by atoms with van der Waals surface area (Å²) in [7, 11) is 0. The highest BCUT2D eigenvalue weighted by atomic mass is 16.5. The van der Waals surface area contributed by atoms with Gasteiger partial charge in [-0.05, 0) is 16.7 Å². The number of hydrogen-bond donors (Lipinski definition) is 1. The Morgan fingerprint density at radius 1 is 0.826 bits per heavy atom. The Morgan fingerprint density at radius 2 is 1.43 bits per heavy atom. The third-order valence-electron chi connectivity index (χ3n) is 3.95. The molecule has 0 heterocycles. The molecule has 2 aromatic rings. The molecule has 3 nitrogen and oxygen atoms in total. The van der Waals surface area contributed by atoms with Gasteiger partial charge in [-0.3, -0.25) is 0 Å². The molecule has 0 fully saturated rings. The van der Waals surface area contributed by atoms with Crippen molar-refractivity contribution in [3.05, 3.63) is 83.4 Å². The van der Waals surface area contributed by atoms with Crippen LogP contribution >= 0.6 is 0 Å². The van der Waals surface area contributed by atoms with E-state index in [1.54, 1.807) is 0 Å². The van der Waals surface area contributed by atoms with Gasteiger partial charge in [-0.1, -0.05) is 66.7 Å². The topological polar surface area (TPSA) is 38.7 Å². The summed E-state index contributed by atoms with van der Waals surface area (Å²) in [5, 5.41) is 9.87. The third-order valence-corrected chi connectivity index (χ3v) is 3.95. The van der Waals surface area contributed by atoms with Gasteiger partial charge in [-0.2, -0.15) is 0 Å². The zero-order valence-corrected chi connectivity index (χ0v) is 13.1. The molecule has 0 saturated heterocycles. The van der Waals surface area contributed by atoms with Gasteiger partial charge < -0.3 is 14.6 Å². The van der Waals surface area contributed by atoms with Gasteiger partial charge in [-0.25, -0.2) is 0 Å². The Hall–Kier alpha value is -1.94. The minimum atomic E-state index is -0.439. The van der Waals surface area contributed by atoms with E-state index in [2.05, 4.69) is 0 Å². The maximum Gasteiger partial charge on any atom is 0.0840 e. The van der Waals surface area contributed by atoms with Crippen molar-refractivity contribution in [2.24, 2.45) is 0 Å². The number of aliphatic hydroxyl groups excluding tert-OH is 1. The maximum absolute atomic E-state index is 9.87. The molecule has 0 radical (unpaired) electrons. The van der Waals surface area contributed by atoms with Crippen molar-refractivity contribution >= 4 is 0 Å². The van der Waals surface area contributed by atoms with Gasteiger partial charge >= 0.3 is 0 Å². The minimum absolute atomic E-state index is 0.0685. The Kier molecular flexibility index (Phi) is 5.59. The summed E-state index contributed by atoms with van der Waals surface area (Å²) in [6.45, 7) is 1.61. The first-order valence-corrected chi connectivity index (χ1v) is 7.97. The van der Waals surface area contributed by atoms with Gasteiger partial charge in [-0.15, -0.1) is 0 Å². The van der Waals surface area contributed by atoms with Crippen LogP contribution in [0.5, 0.6) is 0 Å². The zero-order valence-electron chi connectivity index (χ0n) is 13.1. The summed E-state index contributed by atoms with van der Waals surface area (Å²) in [5.41, 5.74) is 3.32. The van der Waals surface area contributed by atoms with Crippen molar-refractivity contribution in [2.45, 2.75) is 31.8 Å². The number of aliphatic hydroxyl groups is 1. The molecule has 1 aliphatic carbocycles. The summed E-state index contributed by atoms with van der Waals surface area (Å²) in [4.78, 5) is 0. The van der Waals surface area contributed by atoms with Crippen LogP contribution in [0, 0.1) is 0 Å². The van der Waals surface area contributed by atoms with Crippen molar-refractivity contribution < 1.29 is 14.6 Å². The summed E-state index contributed by atoms with van der Waals surface area (Å²) in [6, 6.07) is 20.2. The first kappa shape index (κ1) is 15.9. The monoisotopic (exact) mass is 310 g/mol. The van der Waals surface area contributed by atoms with Crippen LogP contribution in [-0.4, -0.2) is 23.9 Å². The lowest BCUT2D eigenvalue weighted by atomic mass is 10.2. The molecule has 0 aromatic heterocycles. The predicted octanol–water partition coefficient (Wildman–Crippen LogP) is 3.48. The van der Waals surface area contributed by atoms with E-state index in [0.717, 1.165) is 16.7 Å². The van der Waals surface area contributed by atoms with Crippen LogP contribution in [0.15, 0.2) is 72.3 Å². The second-order valence-corrected chi connectivity index (χ2v) is 5.81. The highest BCUT2D eigenvalue weighted by Gasteiger charge is 2.25. The van der Waals surface area contributed by atoms with Gasteiger partial charge in [0.25, 0.3) is 0 Å². The first-order valence-electron chi connectivity index (χ1n) is 7.97. The Bertz CT molecular complexity index is 622. The van der Waals surface area contributed by atoms with Gasteiger partial charge in [0.05, 0.1) is 32.0 Å². The maximum atomic E-state index is 9.87. The fourth-order valence-corrected chi connectivity index (χ4v) is 2.74. The van der Waals surface area contributed by atoms with Gasteiger partial charge in [0.2, 0.25) is 0 Å². The van der Waals surface area contributed by atoms with Crippen molar-refractivity contribution in [1.82, 2.24) is 0 Å². The predicted molar refractivity (Wildman–Crippen MR) is 89.8 cm³/mol. The standard InChI is InChI=1S/C20H22O3/c21-19-11-18(15-22-13-16-7-3-1-4-8-16)20(12-19)23-14-17-9-5-2-6-10-17/h1-11,19-21H,12-15H2/t19-,20+/m1/s1. The number of ether oxygens (including phenoxy) is 2. The fourth-order valence-electron chi connectivity index (χ4n) is 2.74. The van der Waals surface area contributed by atoms with Gasteiger partial charge in [0.1, 0.15) is 0 Å². The van der Waals surface area contributed by atoms with Crippen LogP contribution < -0.4 is 0 Å². The van der Waals surface area contributed by atoms with E-state index in [-0.39, 0.29) is 6.10 Å². The van der Waals surface area contributed by atoms with E-state index < -0.39 is 6.10 Å². The smallest absolute Gasteiger partial charge is 0.0840 e. The molecule has 0 amide bonds. The SMILES string of the molecule is O[C@@H]1C=C(COCc2ccccc2)[C@@H](OCc2ccccc2)C1. The molecule has 2 aromatic carbocycles. The van der Waals surface area contributed by atoms with Crippen LogP contribution in [0.1, 0.15) is 17.5 Å². The van der Waals surface area contributed by atoms with Crippen molar-refractivity contribution in [2.75, 3.05) is 6.61 Å². The fraction of sp³-hybridized carbons (Fsp3) is 0.300. The molecule has 0 bridgehead atoms. The Morgan fingerprint density at radius 3 is 2.09 bits per heavy atom. The van der Waals surface area contributed by atoms with Crippen LogP contribution in [0.3, 0.4) is 0 Å². The van der Waals surface area contributed by atoms with Crippen molar-refractivity contribution in [3.8, 4) is 0 Å². The molecule has 0 saturated carbocycles. The molecular weight excluding hydrogens is 288 g/mol. The molecule has 1 N–H and O–H groups in total. The summed E-state index contributed by atoms with van der Waals surface area (Å²) >= 11 is 0. The molecule has 3 rings (SSSR count). The molecule has 120 valence electrons. The quantitative estimate of drug-likeness (QED) is 0.796. The average molecular weight is 310 g/mol. The van der Waals surface area contributed by atoms with Crippen LogP contribution in [-0.2, 0) is 22.7 Å². The van der Waals surface area contributed by atoms with E-state index in [0.29, 0.717) is 26.2 Å². The lowest BCUT2D eigenvalue weighted by molar-refractivity contribution is 0.0350. The molecule has 23 heavy (non-hydrogen) atoms. The molecular formula is C20H22O3. The second-order valence-electron chi connectivity index (χ2n) is 5.81. The summed E-state index contributed by atoms with van der Waals surface area (Å²) in [6.07, 6.45) is 1.96. The second kappa shape index (κ2) is 8.06. The minimum Gasteiger partial charge on any atom is -0.389 e. The molecule has 0 spiro atoms. The van der Waals surface area contributed by atoms with Crippen LogP contribution in [0.2, 0.25) is 0 Å². The third kappa shape index (κ3) is 4.76. The van der Waals surface area contributed by atoms with E-state index >= 15 is 0 Å². The van der Waals surface area contributed by atoms with E-state index in [1.165, 1.54) is 0 Å². The van der Waals surface area contributed by atoms with Gasteiger partial charge in [0.15, 0.2) is 0 Å². The van der Waals surface area contributed by atoms with Crippen molar-refractivity contribution in [1.29, 1.82) is 0 Å². The highest BCUT2D eigenvalue weighted by Crippen LogP contribution is 2.24. The zero-order chi connectivity index (χ0) is 15.9. The first-order chi connectivity index (χ1) is 11.3. The Labute approximate surface area is 137 Å². The van der Waals surface area contributed by atoms with E-state index in [9.17, 15) is 5.11 Å². The number of rotatable bonds is 7. The van der Waals surface area contributed by atoms with Gasteiger partial charge in [0, 0.05) is 6.42 Å². The normalized spacial score (nSPS) is 20.5. The average Bonchev–Trinajstić information content (AvgIpc) is 2.95.